The van der Waals surface area contributed by atoms with Crippen LogP contribution in [0.5, 0.6) is 0 Å². The second-order valence-electron chi connectivity index (χ2n) is 4.62. The normalized spacial score (nSPS) is 25.1. The zero-order chi connectivity index (χ0) is 12.4. The molecule has 0 aliphatic carbocycles. The lowest BCUT2D eigenvalue weighted by molar-refractivity contribution is 0.402. The van der Waals surface area contributed by atoms with Crippen molar-refractivity contribution >= 4 is 33.2 Å². The second kappa shape index (κ2) is 5.59. The number of benzene rings is 1. The van der Waals surface area contributed by atoms with Crippen LogP contribution in [0.1, 0.15) is 20.3 Å². The molecule has 1 fully saturated rings. The van der Waals surface area contributed by atoms with Gasteiger partial charge >= 0.3 is 0 Å². The number of nitrogens with one attached hydrogen (secondary N) is 1. The Hall–Kier alpha value is -0.250. The van der Waals surface area contributed by atoms with Crippen molar-refractivity contribution in [3.8, 4) is 0 Å². The van der Waals surface area contributed by atoms with E-state index in [9.17, 15) is 0 Å². The van der Waals surface area contributed by atoms with E-state index in [0.29, 0.717) is 12.1 Å². The van der Waals surface area contributed by atoms with Crippen LogP contribution in [0.4, 0.5) is 5.69 Å². The van der Waals surface area contributed by atoms with Gasteiger partial charge < -0.3 is 10.2 Å². The van der Waals surface area contributed by atoms with Gasteiger partial charge in [-0.1, -0.05) is 18.5 Å². The van der Waals surface area contributed by atoms with Crippen LogP contribution in [0.15, 0.2) is 22.7 Å². The predicted molar refractivity (Wildman–Crippen MR) is 78.0 cm³/mol. The van der Waals surface area contributed by atoms with Crippen LogP contribution in [0.25, 0.3) is 0 Å². The van der Waals surface area contributed by atoms with Gasteiger partial charge in [-0.3, -0.25) is 0 Å². The van der Waals surface area contributed by atoms with Crippen molar-refractivity contribution < 1.29 is 0 Å². The summed E-state index contributed by atoms with van der Waals surface area (Å²) in [6.07, 6.45) is 1.15. The summed E-state index contributed by atoms with van der Waals surface area (Å²) in [6.45, 7) is 6.56. The number of nitrogens with zero attached hydrogens (tertiary/aromatic N) is 1. The average Bonchev–Trinajstić information content (AvgIpc) is 2.32. The van der Waals surface area contributed by atoms with E-state index in [1.807, 2.05) is 6.07 Å². The molecule has 1 aromatic carbocycles. The van der Waals surface area contributed by atoms with Crippen LogP contribution in [-0.4, -0.2) is 25.2 Å². The number of hydrogen-bond acceptors (Lipinski definition) is 2. The molecule has 17 heavy (non-hydrogen) atoms. The topological polar surface area (TPSA) is 15.3 Å². The van der Waals surface area contributed by atoms with E-state index in [0.717, 1.165) is 29.0 Å². The Kier molecular flexibility index (Phi) is 4.34. The van der Waals surface area contributed by atoms with Crippen molar-refractivity contribution in [3.63, 3.8) is 0 Å². The molecule has 4 heteroatoms. The molecule has 0 saturated carbocycles. The molecule has 1 heterocycles. The summed E-state index contributed by atoms with van der Waals surface area (Å²) in [4.78, 5) is 2.47. The van der Waals surface area contributed by atoms with Crippen LogP contribution < -0.4 is 10.2 Å². The van der Waals surface area contributed by atoms with E-state index in [4.69, 9.17) is 11.6 Å². The summed E-state index contributed by atoms with van der Waals surface area (Å²) in [5.41, 5.74) is 1.25. The molecular formula is C13H18BrClN2. The van der Waals surface area contributed by atoms with E-state index in [1.165, 1.54) is 5.69 Å². The van der Waals surface area contributed by atoms with Crippen molar-refractivity contribution in [3.05, 3.63) is 27.7 Å². The lowest BCUT2D eigenvalue weighted by Gasteiger charge is -2.40. The Bertz CT molecular complexity index is 397. The minimum absolute atomic E-state index is 0.534. The van der Waals surface area contributed by atoms with Gasteiger partial charge in [-0.2, -0.15) is 0 Å². The summed E-state index contributed by atoms with van der Waals surface area (Å²) in [6, 6.07) is 7.28. The summed E-state index contributed by atoms with van der Waals surface area (Å²) >= 11 is 9.54. The summed E-state index contributed by atoms with van der Waals surface area (Å²) in [7, 11) is 0. The lowest BCUT2D eigenvalue weighted by atomic mass is 10.1. The first-order valence-electron chi connectivity index (χ1n) is 6.07. The molecule has 1 aromatic rings. The standard InChI is InChI=1S/C13H18BrClN2/c1-3-10-7-16-9(2)8-17(10)11-4-5-13(15)12(14)6-11/h4-6,9-10,16H,3,7-8H2,1-2H3. The minimum Gasteiger partial charge on any atom is -0.366 e. The second-order valence-corrected chi connectivity index (χ2v) is 5.88. The van der Waals surface area contributed by atoms with Gasteiger partial charge in [0.1, 0.15) is 0 Å². The highest BCUT2D eigenvalue weighted by Gasteiger charge is 2.24. The van der Waals surface area contributed by atoms with Gasteiger partial charge in [0.2, 0.25) is 0 Å². The fourth-order valence-corrected chi connectivity index (χ4v) is 2.78. The molecule has 2 nitrogen and oxygen atoms in total. The Morgan fingerprint density at radius 1 is 1.53 bits per heavy atom. The quantitative estimate of drug-likeness (QED) is 0.895. The van der Waals surface area contributed by atoms with Gasteiger partial charge in [-0.25, -0.2) is 0 Å². The van der Waals surface area contributed by atoms with E-state index >= 15 is 0 Å². The molecule has 0 spiro atoms. The van der Waals surface area contributed by atoms with E-state index < -0.39 is 0 Å². The summed E-state index contributed by atoms with van der Waals surface area (Å²) < 4.78 is 0.970. The van der Waals surface area contributed by atoms with Gasteiger partial charge in [0.25, 0.3) is 0 Å². The first-order chi connectivity index (χ1) is 8.11. The monoisotopic (exact) mass is 316 g/mol. The van der Waals surface area contributed by atoms with E-state index in [1.54, 1.807) is 0 Å². The van der Waals surface area contributed by atoms with Gasteiger partial charge in [0.05, 0.1) is 5.02 Å². The fourth-order valence-electron chi connectivity index (χ4n) is 2.30. The van der Waals surface area contributed by atoms with Crippen LogP contribution in [0.3, 0.4) is 0 Å². The number of rotatable bonds is 2. The van der Waals surface area contributed by atoms with Gasteiger partial charge in [0, 0.05) is 35.3 Å². The molecule has 2 atom stereocenters. The van der Waals surface area contributed by atoms with E-state index in [2.05, 4.69) is 52.1 Å². The van der Waals surface area contributed by atoms with Crippen LogP contribution >= 0.6 is 27.5 Å². The maximum atomic E-state index is 6.04. The Morgan fingerprint density at radius 2 is 2.29 bits per heavy atom. The number of anilines is 1. The van der Waals surface area contributed by atoms with Crippen molar-refractivity contribution in [2.24, 2.45) is 0 Å². The van der Waals surface area contributed by atoms with E-state index in [-0.39, 0.29) is 0 Å². The first kappa shape index (κ1) is 13.2. The summed E-state index contributed by atoms with van der Waals surface area (Å²) in [5.74, 6) is 0. The maximum absolute atomic E-state index is 6.04. The maximum Gasteiger partial charge on any atom is 0.0549 e. The highest BCUT2D eigenvalue weighted by atomic mass is 79.9. The van der Waals surface area contributed by atoms with Gasteiger partial charge in [0.15, 0.2) is 0 Å². The lowest BCUT2D eigenvalue weighted by Crippen LogP contribution is -2.55. The highest BCUT2D eigenvalue weighted by Crippen LogP contribution is 2.29. The highest BCUT2D eigenvalue weighted by molar-refractivity contribution is 9.10. The zero-order valence-corrected chi connectivity index (χ0v) is 12.6. The third kappa shape index (κ3) is 2.95. The third-order valence-electron chi connectivity index (χ3n) is 3.32. The fraction of sp³-hybridized carbons (Fsp3) is 0.538. The Labute approximate surface area is 116 Å². The molecule has 1 aliphatic rings. The summed E-state index contributed by atoms with van der Waals surface area (Å²) in [5, 5.41) is 4.30. The third-order valence-corrected chi connectivity index (χ3v) is 4.53. The predicted octanol–water partition coefficient (Wildman–Crippen LogP) is 3.68. The Balaban J connectivity index is 2.25. The number of hydrogen-bond donors (Lipinski definition) is 1. The zero-order valence-electron chi connectivity index (χ0n) is 10.2. The van der Waals surface area contributed by atoms with Crippen LogP contribution in [0.2, 0.25) is 5.02 Å². The molecule has 2 unspecified atom stereocenters. The number of piperazine rings is 1. The molecule has 0 radical (unpaired) electrons. The molecule has 1 N–H and O–H groups in total. The first-order valence-corrected chi connectivity index (χ1v) is 7.24. The van der Waals surface area contributed by atoms with Gasteiger partial charge in [-0.05, 0) is 47.5 Å². The molecule has 94 valence electrons. The van der Waals surface area contributed by atoms with Crippen molar-refractivity contribution in [1.29, 1.82) is 0 Å². The van der Waals surface area contributed by atoms with Crippen molar-refractivity contribution in [1.82, 2.24) is 5.32 Å². The van der Waals surface area contributed by atoms with Crippen molar-refractivity contribution in [2.45, 2.75) is 32.4 Å². The molecule has 1 aliphatic heterocycles. The largest absolute Gasteiger partial charge is 0.366 e. The molecular weight excluding hydrogens is 300 g/mol. The van der Waals surface area contributed by atoms with Gasteiger partial charge in [-0.15, -0.1) is 0 Å². The molecule has 1 saturated heterocycles. The number of halogens is 2. The molecule has 0 aromatic heterocycles. The Morgan fingerprint density at radius 3 is 2.94 bits per heavy atom. The van der Waals surface area contributed by atoms with Crippen molar-refractivity contribution in [2.75, 3.05) is 18.0 Å². The smallest absolute Gasteiger partial charge is 0.0549 e. The SMILES string of the molecule is CCC1CNC(C)CN1c1ccc(Cl)c(Br)c1. The van der Waals surface area contributed by atoms with Crippen LogP contribution in [0, 0.1) is 0 Å². The van der Waals surface area contributed by atoms with Crippen LogP contribution in [-0.2, 0) is 0 Å². The molecule has 0 amide bonds. The molecule has 0 bridgehead atoms. The average molecular weight is 318 g/mol. The minimum atomic E-state index is 0.534. The molecule has 2 rings (SSSR count).